The second-order valence-electron chi connectivity index (χ2n) is 3.53. The molecule has 0 aliphatic rings. The molecule has 0 atom stereocenters. The van der Waals surface area contributed by atoms with Crippen LogP contribution in [-0.4, -0.2) is 28.1 Å². The first-order chi connectivity index (χ1) is 9.24. The standard InChI is InChI=1S/C13H10N4O2/c1-19-13(18)8-7-11-12(9-14)16-17(15-11)10-5-3-2-4-6-10/h2-8H,1H3. The number of carbonyl (C=O) groups is 1. The van der Waals surface area contributed by atoms with Crippen molar-refractivity contribution in [1.82, 2.24) is 15.0 Å². The average molecular weight is 254 g/mol. The van der Waals surface area contributed by atoms with Gasteiger partial charge in [-0.3, -0.25) is 0 Å². The summed E-state index contributed by atoms with van der Waals surface area (Å²) in [7, 11) is 1.28. The van der Waals surface area contributed by atoms with Gasteiger partial charge in [0.05, 0.1) is 12.8 Å². The lowest BCUT2D eigenvalue weighted by Crippen LogP contribution is -1.98. The van der Waals surface area contributed by atoms with Gasteiger partial charge in [0, 0.05) is 6.08 Å². The number of benzene rings is 1. The molecule has 1 aromatic heterocycles. The first-order valence-corrected chi connectivity index (χ1v) is 5.43. The number of rotatable bonds is 3. The number of hydrogen-bond donors (Lipinski definition) is 0. The molecule has 0 bridgehead atoms. The maximum Gasteiger partial charge on any atom is 0.330 e. The first kappa shape index (κ1) is 12.5. The van der Waals surface area contributed by atoms with Gasteiger partial charge >= 0.3 is 5.97 Å². The van der Waals surface area contributed by atoms with E-state index >= 15 is 0 Å². The third kappa shape index (κ3) is 2.84. The fourth-order valence-corrected chi connectivity index (χ4v) is 1.40. The van der Waals surface area contributed by atoms with Gasteiger partial charge in [0.2, 0.25) is 0 Å². The highest BCUT2D eigenvalue weighted by atomic mass is 16.5. The van der Waals surface area contributed by atoms with E-state index in [9.17, 15) is 4.79 Å². The number of carbonyl (C=O) groups excluding carboxylic acids is 1. The molecular weight excluding hydrogens is 244 g/mol. The van der Waals surface area contributed by atoms with Crippen LogP contribution in [0.25, 0.3) is 11.8 Å². The Bertz CT molecular complexity index is 653. The Hall–Kier alpha value is -2.94. The summed E-state index contributed by atoms with van der Waals surface area (Å²) in [5.41, 5.74) is 1.19. The molecule has 0 amide bonds. The Balaban J connectivity index is 2.36. The molecule has 94 valence electrons. The van der Waals surface area contributed by atoms with E-state index in [0.717, 1.165) is 5.69 Å². The third-order valence-electron chi connectivity index (χ3n) is 2.31. The lowest BCUT2D eigenvalue weighted by molar-refractivity contribution is -0.134. The lowest BCUT2D eigenvalue weighted by atomic mass is 10.3. The smallest absolute Gasteiger partial charge is 0.330 e. The number of nitrogens with zero attached hydrogens (tertiary/aromatic N) is 4. The van der Waals surface area contributed by atoms with Crippen molar-refractivity contribution in [2.75, 3.05) is 7.11 Å². The Morgan fingerprint density at radius 2 is 2.11 bits per heavy atom. The van der Waals surface area contributed by atoms with Crippen LogP contribution in [0, 0.1) is 11.3 Å². The SMILES string of the molecule is COC(=O)C=Cc1nn(-c2ccccc2)nc1C#N. The highest BCUT2D eigenvalue weighted by Gasteiger charge is 2.09. The van der Waals surface area contributed by atoms with Gasteiger partial charge in [-0.2, -0.15) is 5.26 Å². The first-order valence-electron chi connectivity index (χ1n) is 5.43. The van der Waals surface area contributed by atoms with Gasteiger partial charge in [-0.1, -0.05) is 18.2 Å². The lowest BCUT2D eigenvalue weighted by Gasteiger charge is -1.96. The molecule has 2 aromatic rings. The normalized spacial score (nSPS) is 10.3. The van der Waals surface area contributed by atoms with Crippen molar-refractivity contribution < 1.29 is 9.53 Å². The summed E-state index contributed by atoms with van der Waals surface area (Å²) >= 11 is 0. The maximum absolute atomic E-state index is 11.0. The summed E-state index contributed by atoms with van der Waals surface area (Å²) in [6, 6.07) is 11.1. The summed E-state index contributed by atoms with van der Waals surface area (Å²) in [6.07, 6.45) is 2.59. The molecule has 6 nitrogen and oxygen atoms in total. The van der Waals surface area contributed by atoms with Crippen molar-refractivity contribution in [3.8, 4) is 11.8 Å². The Morgan fingerprint density at radius 1 is 1.37 bits per heavy atom. The van der Waals surface area contributed by atoms with E-state index in [4.69, 9.17) is 5.26 Å². The van der Waals surface area contributed by atoms with E-state index in [2.05, 4.69) is 14.9 Å². The van der Waals surface area contributed by atoms with E-state index in [1.165, 1.54) is 24.1 Å². The van der Waals surface area contributed by atoms with Crippen LogP contribution >= 0.6 is 0 Å². The van der Waals surface area contributed by atoms with Crippen molar-refractivity contribution in [1.29, 1.82) is 5.26 Å². The van der Waals surface area contributed by atoms with Crippen molar-refractivity contribution in [3.05, 3.63) is 47.8 Å². The predicted molar refractivity (Wildman–Crippen MR) is 67.1 cm³/mol. The minimum atomic E-state index is -0.516. The monoisotopic (exact) mass is 254 g/mol. The molecule has 0 unspecified atom stereocenters. The van der Waals surface area contributed by atoms with E-state index in [1.54, 1.807) is 0 Å². The zero-order valence-corrected chi connectivity index (χ0v) is 10.1. The van der Waals surface area contributed by atoms with E-state index in [-0.39, 0.29) is 5.69 Å². The molecule has 0 saturated heterocycles. The number of aromatic nitrogens is 3. The van der Waals surface area contributed by atoms with Crippen LogP contribution < -0.4 is 0 Å². The van der Waals surface area contributed by atoms with Crippen molar-refractivity contribution in [3.63, 3.8) is 0 Å². The van der Waals surface area contributed by atoms with Crippen molar-refractivity contribution >= 4 is 12.0 Å². The molecule has 0 aliphatic carbocycles. The van der Waals surface area contributed by atoms with Crippen LogP contribution in [0.15, 0.2) is 36.4 Å². The molecule has 0 N–H and O–H groups in total. The van der Waals surface area contributed by atoms with Crippen molar-refractivity contribution in [2.24, 2.45) is 0 Å². The zero-order chi connectivity index (χ0) is 13.7. The molecule has 1 aromatic carbocycles. The molecule has 0 radical (unpaired) electrons. The van der Waals surface area contributed by atoms with Gasteiger partial charge in [-0.05, 0) is 18.2 Å². The third-order valence-corrected chi connectivity index (χ3v) is 2.31. The van der Waals surface area contributed by atoms with E-state index in [1.807, 2.05) is 36.4 Å². The number of hydrogen-bond acceptors (Lipinski definition) is 5. The zero-order valence-electron chi connectivity index (χ0n) is 10.1. The van der Waals surface area contributed by atoms with E-state index < -0.39 is 5.97 Å². The molecule has 0 fully saturated rings. The maximum atomic E-state index is 11.0. The van der Waals surface area contributed by atoms with E-state index in [0.29, 0.717) is 5.69 Å². The fraction of sp³-hybridized carbons (Fsp3) is 0.0769. The minimum absolute atomic E-state index is 0.143. The quantitative estimate of drug-likeness (QED) is 0.609. The van der Waals surface area contributed by atoms with Gasteiger partial charge in [-0.25, -0.2) is 4.79 Å². The molecule has 6 heteroatoms. The number of ether oxygens (including phenoxy) is 1. The van der Waals surface area contributed by atoms with Crippen LogP contribution in [0.4, 0.5) is 0 Å². The van der Waals surface area contributed by atoms with Gasteiger partial charge in [0.15, 0.2) is 5.69 Å². The molecule has 1 heterocycles. The largest absolute Gasteiger partial charge is 0.466 e. The second-order valence-corrected chi connectivity index (χ2v) is 3.53. The molecule has 2 rings (SSSR count). The van der Waals surface area contributed by atoms with Crippen LogP contribution in [-0.2, 0) is 9.53 Å². The van der Waals surface area contributed by atoms with Crippen LogP contribution in [0.1, 0.15) is 11.4 Å². The minimum Gasteiger partial charge on any atom is -0.466 e. The summed E-state index contributed by atoms with van der Waals surface area (Å²) in [6.45, 7) is 0. The number of methoxy groups -OCH3 is 1. The number of esters is 1. The van der Waals surface area contributed by atoms with Crippen molar-refractivity contribution in [2.45, 2.75) is 0 Å². The summed E-state index contributed by atoms with van der Waals surface area (Å²) in [4.78, 5) is 12.4. The Kier molecular flexibility index (Phi) is 3.69. The van der Waals surface area contributed by atoms with Gasteiger partial charge in [-0.15, -0.1) is 15.0 Å². The highest BCUT2D eigenvalue weighted by molar-refractivity contribution is 5.86. The van der Waals surface area contributed by atoms with Gasteiger partial charge in [0.1, 0.15) is 11.8 Å². The molecule has 0 saturated carbocycles. The number of para-hydroxylation sites is 1. The molecule has 0 aliphatic heterocycles. The fourth-order valence-electron chi connectivity index (χ4n) is 1.40. The highest BCUT2D eigenvalue weighted by Crippen LogP contribution is 2.09. The topological polar surface area (TPSA) is 80.8 Å². The molecular formula is C13H10N4O2. The molecule has 0 spiro atoms. The van der Waals surface area contributed by atoms with Crippen LogP contribution in [0.5, 0.6) is 0 Å². The Morgan fingerprint density at radius 3 is 2.74 bits per heavy atom. The van der Waals surface area contributed by atoms with Gasteiger partial charge < -0.3 is 4.74 Å². The Labute approximate surface area is 109 Å². The van der Waals surface area contributed by atoms with Gasteiger partial charge in [0.25, 0.3) is 0 Å². The average Bonchev–Trinajstić information content (AvgIpc) is 2.89. The summed E-state index contributed by atoms with van der Waals surface area (Å²) in [5, 5.41) is 17.2. The van der Waals surface area contributed by atoms with Crippen LogP contribution in [0.3, 0.4) is 0 Å². The second kappa shape index (κ2) is 5.60. The molecule has 19 heavy (non-hydrogen) atoms. The number of nitriles is 1. The predicted octanol–water partition coefficient (Wildman–Crippen LogP) is 1.33. The summed E-state index contributed by atoms with van der Waals surface area (Å²) < 4.78 is 4.47. The summed E-state index contributed by atoms with van der Waals surface area (Å²) in [5.74, 6) is -0.516. The van der Waals surface area contributed by atoms with Crippen LogP contribution in [0.2, 0.25) is 0 Å².